The summed E-state index contributed by atoms with van der Waals surface area (Å²) < 4.78 is 23.6. The zero-order valence-corrected chi connectivity index (χ0v) is 9.63. The number of phenols is 1. The van der Waals surface area contributed by atoms with Crippen LogP contribution >= 0.6 is 0 Å². The van der Waals surface area contributed by atoms with Crippen molar-refractivity contribution in [2.24, 2.45) is 0 Å². The van der Waals surface area contributed by atoms with Crippen LogP contribution in [0.5, 0.6) is 5.75 Å². The van der Waals surface area contributed by atoms with Crippen molar-refractivity contribution >= 4 is 9.84 Å². The highest BCUT2D eigenvalue weighted by Crippen LogP contribution is 2.39. The van der Waals surface area contributed by atoms with Gasteiger partial charge in [-0.1, -0.05) is 13.8 Å². The summed E-state index contributed by atoms with van der Waals surface area (Å²) in [4.78, 5) is 0.372. The molecule has 0 bridgehead atoms. The molecule has 0 saturated carbocycles. The molecule has 0 spiro atoms. The highest BCUT2D eigenvalue weighted by molar-refractivity contribution is 7.91. The number of hydrogen-bond donors (Lipinski definition) is 1. The molecule has 1 aliphatic rings. The fraction of sp³-hybridized carbons (Fsp3) is 0.455. The summed E-state index contributed by atoms with van der Waals surface area (Å²) in [6.07, 6.45) is 0.603. The molecule has 3 nitrogen and oxygen atoms in total. The zero-order valence-electron chi connectivity index (χ0n) is 8.82. The van der Waals surface area contributed by atoms with Crippen LogP contribution in [0.25, 0.3) is 0 Å². The smallest absolute Gasteiger partial charge is 0.178 e. The first-order chi connectivity index (χ1) is 6.83. The zero-order chi connectivity index (χ0) is 11.3. The van der Waals surface area contributed by atoms with E-state index in [2.05, 4.69) is 0 Å². The summed E-state index contributed by atoms with van der Waals surface area (Å²) in [5.41, 5.74) is 0.549. The lowest BCUT2D eigenvalue weighted by molar-refractivity contribution is 0.451. The van der Waals surface area contributed by atoms with Crippen LogP contribution in [0.15, 0.2) is 23.1 Å². The Balaban J connectivity index is 2.76. The minimum Gasteiger partial charge on any atom is -0.508 e. The van der Waals surface area contributed by atoms with Crippen LogP contribution in [0.3, 0.4) is 0 Å². The van der Waals surface area contributed by atoms with Crippen molar-refractivity contribution in [3.05, 3.63) is 23.8 Å². The summed E-state index contributed by atoms with van der Waals surface area (Å²) in [5, 5.41) is 9.40. The third kappa shape index (κ3) is 1.63. The van der Waals surface area contributed by atoms with Crippen molar-refractivity contribution in [2.45, 2.75) is 30.6 Å². The number of hydrogen-bond acceptors (Lipinski definition) is 3. The predicted molar refractivity (Wildman–Crippen MR) is 57.8 cm³/mol. The van der Waals surface area contributed by atoms with Crippen molar-refractivity contribution in [3.63, 3.8) is 0 Å². The molecular formula is C11H14O3S. The molecule has 1 heterocycles. The lowest BCUT2D eigenvalue weighted by Crippen LogP contribution is -2.30. The second-order valence-electron chi connectivity index (χ2n) is 4.63. The molecule has 82 valence electrons. The van der Waals surface area contributed by atoms with Gasteiger partial charge in [0.05, 0.1) is 10.6 Å². The summed E-state index contributed by atoms with van der Waals surface area (Å²) in [7, 11) is -3.14. The molecule has 0 radical (unpaired) electrons. The predicted octanol–water partition coefficient (Wildman–Crippen LogP) is 1.85. The largest absolute Gasteiger partial charge is 0.508 e. The van der Waals surface area contributed by atoms with Gasteiger partial charge in [0, 0.05) is 0 Å². The Morgan fingerprint density at radius 3 is 2.67 bits per heavy atom. The van der Waals surface area contributed by atoms with Crippen molar-refractivity contribution in [1.29, 1.82) is 0 Å². The van der Waals surface area contributed by atoms with Gasteiger partial charge in [-0.15, -0.1) is 0 Å². The first kappa shape index (κ1) is 10.5. The van der Waals surface area contributed by atoms with E-state index in [0.29, 0.717) is 11.3 Å². The number of sulfone groups is 1. The van der Waals surface area contributed by atoms with Crippen LogP contribution in [0, 0.1) is 0 Å². The molecule has 0 saturated heterocycles. The quantitative estimate of drug-likeness (QED) is 0.734. The fourth-order valence-corrected chi connectivity index (χ4v) is 3.90. The minimum atomic E-state index is -3.14. The topological polar surface area (TPSA) is 54.4 Å². The fourth-order valence-electron chi connectivity index (χ4n) is 1.95. The highest BCUT2D eigenvalue weighted by atomic mass is 32.2. The van der Waals surface area contributed by atoms with Gasteiger partial charge in [-0.3, -0.25) is 0 Å². The molecule has 15 heavy (non-hydrogen) atoms. The maximum Gasteiger partial charge on any atom is 0.178 e. The van der Waals surface area contributed by atoms with Crippen molar-refractivity contribution in [3.8, 4) is 5.75 Å². The molecule has 1 N–H and O–H groups in total. The van der Waals surface area contributed by atoms with Crippen LogP contribution in [-0.4, -0.2) is 19.3 Å². The number of phenolic OH excluding ortho intramolecular Hbond substituents is 1. The summed E-state index contributed by atoms with van der Waals surface area (Å²) in [5.74, 6) is 0.316. The molecule has 0 aromatic heterocycles. The van der Waals surface area contributed by atoms with Crippen molar-refractivity contribution in [1.82, 2.24) is 0 Å². The normalized spacial score (nSPS) is 22.0. The molecule has 0 unspecified atom stereocenters. The average molecular weight is 226 g/mol. The van der Waals surface area contributed by atoms with Gasteiger partial charge in [-0.05, 0) is 35.6 Å². The third-order valence-electron chi connectivity index (χ3n) is 3.02. The number of aromatic hydroxyl groups is 1. The van der Waals surface area contributed by atoms with Crippen LogP contribution in [-0.2, 0) is 15.3 Å². The van der Waals surface area contributed by atoms with Crippen LogP contribution in [0.1, 0.15) is 25.8 Å². The Labute approximate surface area is 89.7 Å². The standard InChI is InChI=1S/C11H14O3S/c1-11(2)5-6-15(13,14)10-4-3-8(12)7-9(10)11/h3-4,7,12H,5-6H2,1-2H3. The summed E-state index contributed by atoms with van der Waals surface area (Å²) >= 11 is 0. The Morgan fingerprint density at radius 2 is 2.00 bits per heavy atom. The molecule has 0 aliphatic carbocycles. The van der Waals surface area contributed by atoms with E-state index in [1.54, 1.807) is 6.07 Å². The van der Waals surface area contributed by atoms with Gasteiger partial charge in [0.15, 0.2) is 9.84 Å². The molecular weight excluding hydrogens is 212 g/mol. The molecule has 1 aromatic carbocycles. The van der Waals surface area contributed by atoms with E-state index >= 15 is 0 Å². The van der Waals surface area contributed by atoms with E-state index in [4.69, 9.17) is 0 Å². The van der Waals surface area contributed by atoms with E-state index in [9.17, 15) is 13.5 Å². The second-order valence-corrected chi connectivity index (χ2v) is 6.71. The number of fused-ring (bicyclic) bond motifs is 1. The summed E-state index contributed by atoms with van der Waals surface area (Å²) in [6, 6.07) is 4.49. The molecule has 1 aliphatic heterocycles. The first-order valence-electron chi connectivity index (χ1n) is 4.89. The second kappa shape index (κ2) is 2.98. The number of benzene rings is 1. The molecule has 0 amide bonds. The maximum atomic E-state index is 11.8. The first-order valence-corrected chi connectivity index (χ1v) is 6.54. The van der Waals surface area contributed by atoms with Gasteiger partial charge in [-0.2, -0.15) is 0 Å². The molecule has 1 aromatic rings. The van der Waals surface area contributed by atoms with Crippen LogP contribution in [0.4, 0.5) is 0 Å². The molecule has 0 fully saturated rings. The van der Waals surface area contributed by atoms with Gasteiger partial charge >= 0.3 is 0 Å². The lowest BCUT2D eigenvalue weighted by Gasteiger charge is -2.32. The van der Waals surface area contributed by atoms with E-state index in [-0.39, 0.29) is 16.9 Å². The monoisotopic (exact) mass is 226 g/mol. The molecule has 4 heteroatoms. The van der Waals surface area contributed by atoms with Gasteiger partial charge in [0.2, 0.25) is 0 Å². The Kier molecular flexibility index (Phi) is 2.08. The average Bonchev–Trinajstić information content (AvgIpc) is 2.13. The Bertz CT molecular complexity index is 501. The summed E-state index contributed by atoms with van der Waals surface area (Å²) in [6.45, 7) is 4.00. The van der Waals surface area contributed by atoms with E-state index in [1.807, 2.05) is 13.8 Å². The number of rotatable bonds is 0. The highest BCUT2D eigenvalue weighted by Gasteiger charge is 2.35. The van der Waals surface area contributed by atoms with E-state index in [0.717, 1.165) is 5.56 Å². The molecule has 2 rings (SSSR count). The van der Waals surface area contributed by atoms with Gasteiger partial charge < -0.3 is 5.11 Å². The Morgan fingerprint density at radius 1 is 1.33 bits per heavy atom. The van der Waals surface area contributed by atoms with Crippen molar-refractivity contribution < 1.29 is 13.5 Å². The lowest BCUT2D eigenvalue weighted by atomic mass is 9.82. The van der Waals surface area contributed by atoms with Crippen molar-refractivity contribution in [2.75, 3.05) is 5.75 Å². The van der Waals surface area contributed by atoms with Gasteiger partial charge in [0.1, 0.15) is 5.75 Å². The molecule has 0 atom stereocenters. The van der Waals surface area contributed by atoms with Crippen LogP contribution < -0.4 is 0 Å². The van der Waals surface area contributed by atoms with Gasteiger partial charge in [-0.25, -0.2) is 8.42 Å². The van der Waals surface area contributed by atoms with E-state index in [1.165, 1.54) is 12.1 Å². The van der Waals surface area contributed by atoms with E-state index < -0.39 is 9.84 Å². The third-order valence-corrected chi connectivity index (χ3v) is 4.79. The van der Waals surface area contributed by atoms with Crippen LogP contribution in [0.2, 0.25) is 0 Å². The minimum absolute atomic E-state index is 0.124. The SMILES string of the molecule is CC1(C)CCS(=O)(=O)c2ccc(O)cc21. The maximum absolute atomic E-state index is 11.8. The van der Waals surface area contributed by atoms with Gasteiger partial charge in [0.25, 0.3) is 0 Å². The Hall–Kier alpha value is -1.03.